The van der Waals surface area contributed by atoms with E-state index in [9.17, 15) is 0 Å². The molecule has 0 unspecified atom stereocenters. The van der Waals surface area contributed by atoms with E-state index in [-0.39, 0.29) is 0 Å². The van der Waals surface area contributed by atoms with Crippen molar-refractivity contribution in [2.45, 2.75) is 0 Å². The predicted octanol–water partition coefficient (Wildman–Crippen LogP) is 8.70. The Labute approximate surface area is 253 Å². The summed E-state index contributed by atoms with van der Waals surface area (Å²) in [7, 11) is 0. The van der Waals surface area contributed by atoms with Crippen molar-refractivity contribution in [3.63, 3.8) is 0 Å². The number of fused-ring (bicyclic) bond motifs is 3. The lowest BCUT2D eigenvalue weighted by Crippen LogP contribution is -2.02. The topological polar surface area (TPSA) is 77.3 Å². The minimum Gasteiger partial charge on any atom is -0.264 e. The van der Waals surface area contributed by atoms with Crippen molar-refractivity contribution in [2.24, 2.45) is 0 Å². The lowest BCUT2D eigenvalue weighted by molar-refractivity contribution is 1.06. The summed E-state index contributed by atoms with van der Waals surface area (Å²) in [6.45, 7) is 0. The summed E-state index contributed by atoms with van der Waals surface area (Å²) >= 11 is 0. The van der Waals surface area contributed by atoms with Crippen LogP contribution in [0.3, 0.4) is 0 Å². The van der Waals surface area contributed by atoms with Crippen LogP contribution >= 0.6 is 0 Å². The molecule has 4 aromatic heterocycles. The van der Waals surface area contributed by atoms with Crippen LogP contribution in [-0.4, -0.2) is 29.9 Å². The van der Waals surface area contributed by atoms with Gasteiger partial charge in [-0.2, -0.15) is 0 Å². The highest BCUT2D eigenvalue weighted by molar-refractivity contribution is 6.10. The second-order valence-electron chi connectivity index (χ2n) is 10.4. The molecule has 0 spiro atoms. The van der Waals surface area contributed by atoms with Crippen molar-refractivity contribution < 1.29 is 0 Å². The number of para-hydroxylation sites is 1. The minimum absolute atomic E-state index is 0.497. The van der Waals surface area contributed by atoms with Gasteiger partial charge in [0, 0.05) is 34.3 Å². The summed E-state index contributed by atoms with van der Waals surface area (Å²) < 4.78 is 0. The normalized spacial score (nSPS) is 11.2. The molecule has 8 aromatic rings. The Morgan fingerprint density at radius 3 is 1.73 bits per heavy atom. The quantitative estimate of drug-likeness (QED) is 0.195. The third-order valence-electron chi connectivity index (χ3n) is 7.63. The number of pyridine rings is 3. The predicted molar refractivity (Wildman–Crippen MR) is 175 cm³/mol. The van der Waals surface area contributed by atoms with E-state index in [2.05, 4.69) is 41.4 Å². The first-order chi connectivity index (χ1) is 21.8. The van der Waals surface area contributed by atoms with Crippen LogP contribution in [0.5, 0.6) is 0 Å². The average Bonchev–Trinajstić information content (AvgIpc) is 3.12. The fraction of sp³-hybridized carbons (Fsp3) is 0. The van der Waals surface area contributed by atoms with E-state index in [1.165, 1.54) is 0 Å². The molecule has 0 amide bonds. The highest BCUT2D eigenvalue weighted by atomic mass is 15.0. The van der Waals surface area contributed by atoms with Gasteiger partial charge >= 0.3 is 0 Å². The summed E-state index contributed by atoms with van der Waals surface area (Å²) in [6.07, 6.45) is 3.63. The monoisotopic (exact) mass is 564 g/mol. The number of nitrogens with zero attached hydrogens (tertiary/aromatic N) is 6. The fourth-order valence-electron chi connectivity index (χ4n) is 5.47. The van der Waals surface area contributed by atoms with Gasteiger partial charge in [-0.15, -0.1) is 0 Å². The SMILES string of the molecule is c1ccc(-c2nc(-c3ccc(-c4cccnc4)cc3)nc(-c3cccc(-c4nc5ccccc5c5ccccc45)n3)n2)cc1. The highest BCUT2D eigenvalue weighted by Gasteiger charge is 2.16. The Kier molecular flexibility index (Phi) is 6.35. The molecule has 0 saturated heterocycles. The van der Waals surface area contributed by atoms with Crippen LogP contribution in [0.2, 0.25) is 0 Å². The summed E-state index contributed by atoms with van der Waals surface area (Å²) in [6, 6.07) is 44.6. The number of hydrogen-bond acceptors (Lipinski definition) is 6. The molecule has 0 aliphatic carbocycles. The number of rotatable bonds is 5. The smallest absolute Gasteiger partial charge is 0.182 e. The molecule has 8 rings (SSSR count). The molecular weight excluding hydrogens is 540 g/mol. The first-order valence-electron chi connectivity index (χ1n) is 14.4. The molecule has 4 aromatic carbocycles. The van der Waals surface area contributed by atoms with Crippen LogP contribution < -0.4 is 0 Å². The van der Waals surface area contributed by atoms with Crippen LogP contribution in [0, 0.1) is 0 Å². The lowest BCUT2D eigenvalue weighted by atomic mass is 10.0. The second-order valence-corrected chi connectivity index (χ2v) is 10.4. The van der Waals surface area contributed by atoms with Gasteiger partial charge in [-0.25, -0.2) is 24.9 Å². The van der Waals surface area contributed by atoms with E-state index in [4.69, 9.17) is 24.9 Å². The summed E-state index contributed by atoms with van der Waals surface area (Å²) in [5.41, 5.74) is 7.07. The number of benzene rings is 4. The first-order valence-corrected chi connectivity index (χ1v) is 14.4. The van der Waals surface area contributed by atoms with Crippen LogP contribution in [0.25, 0.3) is 78.5 Å². The summed E-state index contributed by atoms with van der Waals surface area (Å²) in [5, 5.41) is 3.31. The standard InChI is InChI=1S/C38H24N6/c1-2-10-26(11-3-1)36-42-37(27-21-19-25(20-22-27)28-12-9-23-39-24-28)44-38(43-36)34-18-8-17-33(40-34)35-31-15-5-4-13-29(31)30-14-6-7-16-32(30)41-35/h1-24H. The van der Waals surface area contributed by atoms with Crippen molar-refractivity contribution in [1.29, 1.82) is 0 Å². The largest absolute Gasteiger partial charge is 0.264 e. The molecule has 0 bridgehead atoms. The Bertz CT molecular complexity index is 2270. The van der Waals surface area contributed by atoms with E-state index in [0.717, 1.165) is 55.3 Å². The Balaban J connectivity index is 1.27. The van der Waals surface area contributed by atoms with Gasteiger partial charge in [-0.1, -0.05) is 109 Å². The first kappa shape index (κ1) is 25.6. The number of hydrogen-bond donors (Lipinski definition) is 0. The van der Waals surface area contributed by atoms with Gasteiger partial charge in [-0.3, -0.25) is 4.98 Å². The molecule has 6 heteroatoms. The van der Waals surface area contributed by atoms with E-state index < -0.39 is 0 Å². The maximum atomic E-state index is 5.07. The van der Waals surface area contributed by atoms with Crippen LogP contribution in [-0.2, 0) is 0 Å². The highest BCUT2D eigenvalue weighted by Crippen LogP contribution is 2.33. The molecule has 0 radical (unpaired) electrons. The van der Waals surface area contributed by atoms with E-state index in [1.807, 2.05) is 103 Å². The molecule has 0 atom stereocenters. The van der Waals surface area contributed by atoms with Crippen molar-refractivity contribution in [3.8, 4) is 56.8 Å². The van der Waals surface area contributed by atoms with Gasteiger partial charge in [0.25, 0.3) is 0 Å². The Hall–Kier alpha value is -6.14. The van der Waals surface area contributed by atoms with Gasteiger partial charge in [0.1, 0.15) is 5.69 Å². The molecule has 4 heterocycles. The third kappa shape index (κ3) is 4.74. The van der Waals surface area contributed by atoms with E-state index in [0.29, 0.717) is 23.2 Å². The molecule has 206 valence electrons. The van der Waals surface area contributed by atoms with E-state index >= 15 is 0 Å². The Morgan fingerprint density at radius 2 is 0.955 bits per heavy atom. The summed E-state index contributed by atoms with van der Waals surface area (Å²) in [4.78, 5) is 29.1. The molecule has 0 saturated carbocycles. The van der Waals surface area contributed by atoms with E-state index in [1.54, 1.807) is 6.20 Å². The van der Waals surface area contributed by atoms with Crippen molar-refractivity contribution in [3.05, 3.63) is 146 Å². The van der Waals surface area contributed by atoms with Crippen LogP contribution in [0.4, 0.5) is 0 Å². The molecule has 44 heavy (non-hydrogen) atoms. The molecule has 0 fully saturated rings. The van der Waals surface area contributed by atoms with Crippen molar-refractivity contribution in [2.75, 3.05) is 0 Å². The molecule has 0 aliphatic rings. The fourth-order valence-corrected chi connectivity index (χ4v) is 5.47. The third-order valence-corrected chi connectivity index (χ3v) is 7.63. The second kappa shape index (κ2) is 10.9. The van der Waals surface area contributed by atoms with Gasteiger partial charge in [0.15, 0.2) is 17.5 Å². The molecule has 6 nitrogen and oxygen atoms in total. The van der Waals surface area contributed by atoms with Gasteiger partial charge in [0.05, 0.1) is 16.9 Å². The Morgan fingerprint density at radius 1 is 0.341 bits per heavy atom. The molecule has 0 aliphatic heterocycles. The van der Waals surface area contributed by atoms with Crippen molar-refractivity contribution in [1.82, 2.24) is 29.9 Å². The van der Waals surface area contributed by atoms with Gasteiger partial charge < -0.3 is 0 Å². The maximum absolute atomic E-state index is 5.07. The minimum atomic E-state index is 0.497. The average molecular weight is 565 g/mol. The van der Waals surface area contributed by atoms with Crippen LogP contribution in [0.1, 0.15) is 0 Å². The molecule has 0 N–H and O–H groups in total. The van der Waals surface area contributed by atoms with Gasteiger partial charge in [-0.05, 0) is 40.8 Å². The zero-order valence-electron chi connectivity index (χ0n) is 23.5. The maximum Gasteiger partial charge on any atom is 0.182 e. The zero-order chi connectivity index (χ0) is 29.3. The van der Waals surface area contributed by atoms with Crippen molar-refractivity contribution >= 4 is 21.7 Å². The van der Waals surface area contributed by atoms with Gasteiger partial charge in [0.2, 0.25) is 0 Å². The number of aromatic nitrogens is 6. The zero-order valence-corrected chi connectivity index (χ0v) is 23.5. The van der Waals surface area contributed by atoms with Crippen LogP contribution in [0.15, 0.2) is 146 Å². The summed E-state index contributed by atoms with van der Waals surface area (Å²) in [5.74, 6) is 1.66. The molecular formula is C38H24N6. The lowest BCUT2D eigenvalue weighted by Gasteiger charge is -2.11.